The molecule has 0 bridgehead atoms. The molecule has 1 aliphatic carbocycles. The molecule has 52 heavy (non-hydrogen) atoms. The molecule has 1 nitrogen and oxygen atoms in total. The lowest BCUT2D eigenvalue weighted by Crippen LogP contribution is -2.14. The van der Waals surface area contributed by atoms with Crippen LogP contribution in [0.25, 0.3) is 65.7 Å². The van der Waals surface area contributed by atoms with Crippen LogP contribution in [-0.4, -0.2) is 0 Å². The van der Waals surface area contributed by atoms with Gasteiger partial charge in [-0.25, -0.2) is 0 Å². The van der Waals surface area contributed by atoms with Gasteiger partial charge in [-0.3, -0.25) is 0 Å². The normalized spacial score (nSPS) is 13.0. The van der Waals surface area contributed by atoms with Crippen LogP contribution in [0, 0.1) is 0 Å². The number of rotatable bonds is 5. The third-order valence-electron chi connectivity index (χ3n) is 11.2. The smallest absolute Gasteiger partial charge is 0.0540 e. The van der Waals surface area contributed by atoms with Crippen LogP contribution in [0.4, 0.5) is 17.1 Å². The van der Waals surface area contributed by atoms with Crippen molar-refractivity contribution in [2.45, 2.75) is 19.3 Å². The molecule has 9 aromatic carbocycles. The molecule has 0 aromatic heterocycles. The minimum Gasteiger partial charge on any atom is -0.310 e. The molecule has 0 saturated heterocycles. The van der Waals surface area contributed by atoms with Crippen LogP contribution in [0.15, 0.2) is 188 Å². The molecule has 0 N–H and O–H groups in total. The second-order valence-electron chi connectivity index (χ2n) is 14.6. The summed E-state index contributed by atoms with van der Waals surface area (Å²) in [4.78, 5) is 2.38. The van der Waals surface area contributed by atoms with Crippen LogP contribution in [0.2, 0.25) is 0 Å². The standard InChI is InChI=1S/C51H37N/c1-51(2)47-22-11-9-21-44(47)46-33-45-39(32-48(46)51)27-25-35-24-26-38-30-37(28-29-43(38)50(35)45)36-16-13-19-41(31-36)52(40-17-7-4-8-18-40)49-23-12-10-20-42(49)34-14-5-3-6-15-34/h3-33H,1-2H3. The number of fused-ring (bicyclic) bond motifs is 8. The van der Waals surface area contributed by atoms with E-state index in [0.29, 0.717) is 0 Å². The summed E-state index contributed by atoms with van der Waals surface area (Å²) in [7, 11) is 0. The Kier molecular flexibility index (Phi) is 6.91. The second-order valence-corrected chi connectivity index (χ2v) is 14.6. The Morgan fingerprint density at radius 1 is 0.365 bits per heavy atom. The summed E-state index contributed by atoms with van der Waals surface area (Å²) in [6.07, 6.45) is 0. The lowest BCUT2D eigenvalue weighted by Gasteiger charge is -2.28. The summed E-state index contributed by atoms with van der Waals surface area (Å²) in [5.41, 5.74) is 13.7. The maximum Gasteiger partial charge on any atom is 0.0540 e. The predicted octanol–water partition coefficient (Wildman–Crippen LogP) is 14.3. The first-order valence-corrected chi connectivity index (χ1v) is 18.2. The number of benzene rings is 9. The molecule has 0 radical (unpaired) electrons. The van der Waals surface area contributed by atoms with Gasteiger partial charge >= 0.3 is 0 Å². The van der Waals surface area contributed by atoms with Gasteiger partial charge in [-0.1, -0.05) is 153 Å². The summed E-state index contributed by atoms with van der Waals surface area (Å²) in [6, 6.07) is 69.0. The third kappa shape index (κ3) is 4.77. The molecule has 1 aliphatic rings. The highest BCUT2D eigenvalue weighted by atomic mass is 15.1. The van der Waals surface area contributed by atoms with Gasteiger partial charge in [-0.2, -0.15) is 0 Å². The molecular formula is C51H37N. The molecule has 10 rings (SSSR count). The van der Waals surface area contributed by atoms with Crippen molar-refractivity contribution >= 4 is 49.4 Å². The van der Waals surface area contributed by atoms with E-state index in [2.05, 4.69) is 207 Å². The highest BCUT2D eigenvalue weighted by Crippen LogP contribution is 2.51. The SMILES string of the molecule is CC1(C)c2ccccc2-c2cc3c(ccc4ccc5cc(-c6cccc(N(c7ccccc7)c7ccccc7-c7ccccc7)c6)ccc5c43)cc21. The Morgan fingerprint density at radius 3 is 1.79 bits per heavy atom. The zero-order valence-electron chi connectivity index (χ0n) is 29.3. The van der Waals surface area contributed by atoms with Crippen molar-refractivity contribution in [3.63, 3.8) is 0 Å². The molecule has 0 spiro atoms. The minimum absolute atomic E-state index is 0.0169. The van der Waals surface area contributed by atoms with Crippen LogP contribution >= 0.6 is 0 Å². The lowest BCUT2D eigenvalue weighted by molar-refractivity contribution is 0.661. The van der Waals surface area contributed by atoms with E-state index in [1.54, 1.807) is 0 Å². The van der Waals surface area contributed by atoms with E-state index in [-0.39, 0.29) is 5.41 Å². The first-order valence-electron chi connectivity index (χ1n) is 18.2. The summed E-state index contributed by atoms with van der Waals surface area (Å²) in [5.74, 6) is 0. The fourth-order valence-corrected chi connectivity index (χ4v) is 8.62. The van der Waals surface area contributed by atoms with E-state index in [9.17, 15) is 0 Å². The van der Waals surface area contributed by atoms with Gasteiger partial charge in [0.05, 0.1) is 5.69 Å². The number of anilines is 3. The molecule has 0 heterocycles. The van der Waals surface area contributed by atoms with Crippen molar-refractivity contribution in [2.24, 2.45) is 0 Å². The average molecular weight is 664 g/mol. The average Bonchev–Trinajstić information content (AvgIpc) is 3.43. The molecule has 0 fully saturated rings. The summed E-state index contributed by atoms with van der Waals surface area (Å²) in [5, 5.41) is 7.76. The Hall–Kier alpha value is -6.44. The maximum atomic E-state index is 2.46. The molecule has 0 saturated carbocycles. The summed E-state index contributed by atoms with van der Waals surface area (Å²) < 4.78 is 0. The van der Waals surface area contributed by atoms with Crippen molar-refractivity contribution in [3.05, 3.63) is 199 Å². The molecule has 0 aliphatic heterocycles. The monoisotopic (exact) mass is 663 g/mol. The number of hydrogen-bond donors (Lipinski definition) is 0. The van der Waals surface area contributed by atoms with Crippen molar-refractivity contribution in [2.75, 3.05) is 4.90 Å². The molecule has 0 amide bonds. The van der Waals surface area contributed by atoms with Gasteiger partial charge < -0.3 is 4.90 Å². The Morgan fingerprint density at radius 2 is 0.981 bits per heavy atom. The number of nitrogens with zero attached hydrogens (tertiary/aromatic N) is 1. The third-order valence-corrected chi connectivity index (χ3v) is 11.2. The van der Waals surface area contributed by atoms with Gasteiger partial charge in [0, 0.05) is 22.4 Å². The molecular weight excluding hydrogens is 627 g/mol. The second kappa shape index (κ2) is 11.8. The summed E-state index contributed by atoms with van der Waals surface area (Å²) >= 11 is 0. The molecule has 1 heteroatoms. The lowest BCUT2D eigenvalue weighted by atomic mass is 9.81. The highest BCUT2D eigenvalue weighted by Gasteiger charge is 2.35. The highest BCUT2D eigenvalue weighted by molar-refractivity contribution is 6.21. The molecule has 0 atom stereocenters. The fraction of sp³-hybridized carbons (Fsp3) is 0.0588. The predicted molar refractivity (Wildman–Crippen MR) is 222 cm³/mol. The Labute approximate surface area is 305 Å². The maximum absolute atomic E-state index is 2.46. The van der Waals surface area contributed by atoms with Crippen LogP contribution < -0.4 is 4.90 Å². The van der Waals surface area contributed by atoms with Gasteiger partial charge in [0.1, 0.15) is 0 Å². The molecule has 0 unspecified atom stereocenters. The van der Waals surface area contributed by atoms with Gasteiger partial charge in [0.2, 0.25) is 0 Å². The minimum atomic E-state index is -0.0169. The van der Waals surface area contributed by atoms with Crippen molar-refractivity contribution in [3.8, 4) is 33.4 Å². The summed E-state index contributed by atoms with van der Waals surface area (Å²) in [6.45, 7) is 4.72. The van der Waals surface area contributed by atoms with E-state index in [4.69, 9.17) is 0 Å². The van der Waals surface area contributed by atoms with Gasteiger partial charge in [-0.15, -0.1) is 0 Å². The Bertz CT molecular complexity index is 2810. The quantitative estimate of drug-likeness (QED) is 0.166. The van der Waals surface area contributed by atoms with Crippen LogP contribution in [0.3, 0.4) is 0 Å². The van der Waals surface area contributed by atoms with Crippen molar-refractivity contribution in [1.82, 2.24) is 0 Å². The first kappa shape index (κ1) is 30.4. The zero-order valence-corrected chi connectivity index (χ0v) is 29.3. The Balaban J connectivity index is 1.11. The van der Waals surface area contributed by atoms with Crippen LogP contribution in [0.1, 0.15) is 25.0 Å². The number of hydrogen-bond acceptors (Lipinski definition) is 1. The number of para-hydroxylation sites is 2. The van der Waals surface area contributed by atoms with E-state index in [1.807, 2.05) is 0 Å². The zero-order chi connectivity index (χ0) is 34.8. The first-order chi connectivity index (χ1) is 25.5. The van der Waals surface area contributed by atoms with Crippen molar-refractivity contribution in [1.29, 1.82) is 0 Å². The largest absolute Gasteiger partial charge is 0.310 e. The van der Waals surface area contributed by atoms with E-state index >= 15 is 0 Å². The van der Waals surface area contributed by atoms with E-state index < -0.39 is 0 Å². The van der Waals surface area contributed by atoms with Gasteiger partial charge in [0.25, 0.3) is 0 Å². The van der Waals surface area contributed by atoms with E-state index in [1.165, 1.54) is 76.8 Å². The van der Waals surface area contributed by atoms with E-state index in [0.717, 1.165) is 17.1 Å². The van der Waals surface area contributed by atoms with Crippen LogP contribution in [-0.2, 0) is 5.41 Å². The van der Waals surface area contributed by atoms with Gasteiger partial charge in [0.15, 0.2) is 0 Å². The molecule has 246 valence electrons. The van der Waals surface area contributed by atoms with Crippen molar-refractivity contribution < 1.29 is 0 Å². The topological polar surface area (TPSA) is 3.24 Å². The van der Waals surface area contributed by atoms with Gasteiger partial charge in [-0.05, 0) is 120 Å². The molecule has 9 aromatic rings. The fourth-order valence-electron chi connectivity index (χ4n) is 8.62. The van der Waals surface area contributed by atoms with Crippen LogP contribution in [0.5, 0.6) is 0 Å².